The van der Waals surface area contributed by atoms with Gasteiger partial charge in [-0.15, -0.1) is 11.3 Å². The van der Waals surface area contributed by atoms with Crippen LogP contribution < -0.4 is 5.32 Å². The van der Waals surface area contributed by atoms with E-state index in [4.69, 9.17) is 0 Å². The molecule has 1 saturated carbocycles. The lowest BCUT2D eigenvalue weighted by Crippen LogP contribution is -2.36. The molecule has 1 amide bonds. The highest BCUT2D eigenvalue weighted by Crippen LogP contribution is 2.33. The van der Waals surface area contributed by atoms with Crippen LogP contribution in [0.4, 0.5) is 5.13 Å². The van der Waals surface area contributed by atoms with Crippen LogP contribution in [0.3, 0.4) is 0 Å². The number of hydrogen-bond acceptors (Lipinski definition) is 6. The number of amides is 1. The van der Waals surface area contributed by atoms with Crippen molar-refractivity contribution in [3.05, 3.63) is 24.0 Å². The minimum absolute atomic E-state index is 0. The van der Waals surface area contributed by atoms with E-state index in [2.05, 4.69) is 25.3 Å². The molecule has 3 heterocycles. The van der Waals surface area contributed by atoms with Gasteiger partial charge in [0.2, 0.25) is 5.91 Å². The van der Waals surface area contributed by atoms with Gasteiger partial charge in [-0.05, 0) is 18.9 Å². The highest BCUT2D eigenvalue weighted by atomic mass is 32.1. The lowest BCUT2D eigenvalue weighted by Gasteiger charge is -2.26. The summed E-state index contributed by atoms with van der Waals surface area (Å²) in [7, 11) is 0. The number of hydrogen-bond donors (Lipinski definition) is 3. The summed E-state index contributed by atoms with van der Waals surface area (Å²) in [5.41, 5.74) is 2.06. The summed E-state index contributed by atoms with van der Waals surface area (Å²) in [6.45, 7) is 0. The van der Waals surface area contributed by atoms with Crippen molar-refractivity contribution in [2.45, 2.75) is 25.7 Å². The Kier molecular flexibility index (Phi) is 4.37. The molecule has 3 aromatic rings. The Morgan fingerprint density at radius 2 is 2.08 bits per heavy atom. The summed E-state index contributed by atoms with van der Waals surface area (Å²) in [4.78, 5) is 39.9. The van der Waals surface area contributed by atoms with Gasteiger partial charge in [-0.2, -0.15) is 0 Å². The normalized spacial score (nSPS) is 20.2. The summed E-state index contributed by atoms with van der Waals surface area (Å²) in [6, 6.07) is 1.88. The van der Waals surface area contributed by atoms with Crippen LogP contribution in [-0.2, 0) is 9.59 Å². The second-order valence-corrected chi connectivity index (χ2v) is 7.18. The third kappa shape index (κ3) is 3.05. The van der Waals surface area contributed by atoms with Gasteiger partial charge in [-0.25, -0.2) is 15.0 Å². The number of aromatic nitrogens is 4. The minimum Gasteiger partial charge on any atom is -0.481 e. The molecule has 1 aliphatic rings. The van der Waals surface area contributed by atoms with Crippen molar-refractivity contribution in [3.63, 3.8) is 0 Å². The second-order valence-electron chi connectivity index (χ2n) is 6.33. The van der Waals surface area contributed by atoms with Gasteiger partial charge in [0, 0.05) is 19.8 Å². The van der Waals surface area contributed by atoms with Crippen LogP contribution in [-0.4, -0.2) is 36.9 Å². The van der Waals surface area contributed by atoms with Gasteiger partial charge in [0.05, 0.1) is 11.8 Å². The molecule has 0 aromatic carbocycles. The molecule has 9 heteroatoms. The first-order valence-corrected chi connectivity index (χ1v) is 9.29. The lowest BCUT2D eigenvalue weighted by molar-refractivity contribution is -0.147. The number of H-pyrrole nitrogens is 1. The number of fused-ring (bicyclic) bond motifs is 1. The molecule has 8 nitrogen and oxygen atoms in total. The van der Waals surface area contributed by atoms with Crippen LogP contribution in [0.5, 0.6) is 0 Å². The molecule has 0 spiro atoms. The third-order valence-electron chi connectivity index (χ3n) is 4.75. The second kappa shape index (κ2) is 6.83. The van der Waals surface area contributed by atoms with Gasteiger partial charge in [0.15, 0.2) is 5.13 Å². The fourth-order valence-electron chi connectivity index (χ4n) is 3.45. The number of anilines is 1. The number of carboxylic acids is 1. The zero-order valence-electron chi connectivity index (χ0n) is 13.8. The van der Waals surface area contributed by atoms with Gasteiger partial charge in [0.25, 0.3) is 0 Å². The number of carbonyl (C=O) groups is 2. The monoisotopic (exact) mass is 375 g/mol. The molecule has 26 heavy (non-hydrogen) atoms. The standard InChI is InChI=1S/C17H17N5O3S.2H2/c23-15(9-3-1-2-4-10(9)16(24)25)22-17-21-12(7-26-17)13-11-5-6-18-14(11)20-8-19-13;;/h5-10H,1-4H2,(H,24,25)(H,18,19,20)(H,21,22,23);2*1H. The largest absolute Gasteiger partial charge is 0.481 e. The van der Waals surface area contributed by atoms with E-state index in [0.717, 1.165) is 23.9 Å². The maximum absolute atomic E-state index is 12.6. The first-order valence-electron chi connectivity index (χ1n) is 8.41. The number of rotatable bonds is 4. The summed E-state index contributed by atoms with van der Waals surface area (Å²) in [5.74, 6) is -2.30. The molecule has 0 radical (unpaired) electrons. The van der Waals surface area contributed by atoms with Crippen LogP contribution in [0.2, 0.25) is 0 Å². The fraction of sp³-hybridized carbons (Fsp3) is 0.353. The number of carboxylic acid groups (broad SMARTS) is 1. The average Bonchev–Trinajstić information content (AvgIpc) is 3.30. The molecule has 0 saturated heterocycles. The average molecular weight is 375 g/mol. The number of nitrogens with one attached hydrogen (secondary N) is 2. The molecule has 3 aromatic heterocycles. The lowest BCUT2D eigenvalue weighted by atomic mass is 9.79. The summed E-state index contributed by atoms with van der Waals surface area (Å²) in [5, 5.41) is 15.3. The first kappa shape index (κ1) is 16.6. The van der Waals surface area contributed by atoms with E-state index in [0.29, 0.717) is 29.4 Å². The predicted octanol–water partition coefficient (Wildman–Crippen LogP) is 3.40. The van der Waals surface area contributed by atoms with Crippen LogP contribution in [0.1, 0.15) is 28.5 Å². The minimum atomic E-state index is -0.902. The number of thiazole rings is 1. The Morgan fingerprint density at radius 3 is 2.88 bits per heavy atom. The van der Waals surface area contributed by atoms with Gasteiger partial charge >= 0.3 is 5.97 Å². The Morgan fingerprint density at radius 1 is 1.27 bits per heavy atom. The maximum atomic E-state index is 12.6. The van der Waals surface area contributed by atoms with E-state index in [1.165, 1.54) is 17.7 Å². The van der Waals surface area contributed by atoms with Crippen molar-refractivity contribution < 1.29 is 17.5 Å². The molecule has 4 rings (SSSR count). The van der Waals surface area contributed by atoms with Crippen molar-refractivity contribution in [1.29, 1.82) is 0 Å². The highest BCUT2D eigenvalue weighted by Gasteiger charge is 2.36. The molecular weight excluding hydrogens is 354 g/mol. The van der Waals surface area contributed by atoms with Crippen LogP contribution in [0.15, 0.2) is 24.0 Å². The Bertz CT molecular complexity index is 977. The molecular formula is C17H21N5O3S. The van der Waals surface area contributed by atoms with Crippen molar-refractivity contribution in [1.82, 2.24) is 19.9 Å². The SMILES string of the molecule is O=C(O)C1CCCCC1C(=O)Nc1nc(-c2ncnc3[nH]ccc23)cs1.[HH].[HH]. The third-order valence-corrected chi connectivity index (χ3v) is 5.51. The fourth-order valence-corrected chi connectivity index (χ4v) is 4.15. The summed E-state index contributed by atoms with van der Waals surface area (Å²) < 4.78 is 0. The Balaban J connectivity index is 0.00000140. The Labute approximate surface area is 155 Å². The topological polar surface area (TPSA) is 121 Å². The number of aliphatic carboxylic acids is 1. The summed E-state index contributed by atoms with van der Waals surface area (Å²) in [6.07, 6.45) is 6.11. The van der Waals surface area contributed by atoms with Crippen molar-refractivity contribution in [2.75, 3.05) is 5.32 Å². The van der Waals surface area contributed by atoms with E-state index >= 15 is 0 Å². The molecule has 0 aliphatic heterocycles. The van der Waals surface area contributed by atoms with Crippen molar-refractivity contribution in [2.24, 2.45) is 11.8 Å². The molecule has 0 bridgehead atoms. The van der Waals surface area contributed by atoms with Crippen molar-refractivity contribution in [3.8, 4) is 11.4 Å². The quantitative estimate of drug-likeness (QED) is 0.642. The van der Waals surface area contributed by atoms with Gasteiger partial charge < -0.3 is 15.4 Å². The van der Waals surface area contributed by atoms with Crippen LogP contribution in [0.25, 0.3) is 22.4 Å². The zero-order valence-corrected chi connectivity index (χ0v) is 14.6. The van der Waals surface area contributed by atoms with Crippen LogP contribution >= 0.6 is 11.3 Å². The number of nitrogens with zero attached hydrogens (tertiary/aromatic N) is 3. The smallest absolute Gasteiger partial charge is 0.307 e. The van der Waals surface area contributed by atoms with E-state index in [9.17, 15) is 14.7 Å². The summed E-state index contributed by atoms with van der Waals surface area (Å²) >= 11 is 1.30. The van der Waals surface area contributed by atoms with Crippen molar-refractivity contribution >= 4 is 39.4 Å². The van der Waals surface area contributed by atoms with E-state index < -0.39 is 17.8 Å². The van der Waals surface area contributed by atoms with Gasteiger partial charge in [-0.1, -0.05) is 12.8 Å². The van der Waals surface area contributed by atoms with E-state index in [1.54, 1.807) is 6.20 Å². The molecule has 2 unspecified atom stereocenters. The van der Waals surface area contributed by atoms with Gasteiger partial charge in [0.1, 0.15) is 23.4 Å². The molecule has 138 valence electrons. The maximum Gasteiger partial charge on any atom is 0.307 e. The molecule has 1 aliphatic carbocycles. The molecule has 2 atom stereocenters. The Hall–Kier alpha value is -2.81. The number of carbonyl (C=O) groups excluding carboxylic acids is 1. The highest BCUT2D eigenvalue weighted by molar-refractivity contribution is 7.14. The predicted molar refractivity (Wildman–Crippen MR) is 101 cm³/mol. The number of aromatic amines is 1. The van der Waals surface area contributed by atoms with E-state index in [1.807, 2.05) is 11.4 Å². The molecule has 3 N–H and O–H groups in total. The van der Waals surface area contributed by atoms with Gasteiger partial charge in [-0.3, -0.25) is 9.59 Å². The molecule has 1 fully saturated rings. The van der Waals surface area contributed by atoms with E-state index in [-0.39, 0.29) is 8.76 Å². The van der Waals surface area contributed by atoms with Crippen LogP contribution in [0, 0.1) is 11.8 Å². The zero-order chi connectivity index (χ0) is 18.1. The first-order chi connectivity index (χ1) is 12.6.